The molecule has 0 N–H and O–H groups in total. The molecule has 0 aromatic carbocycles. The molecule has 0 bridgehead atoms. The lowest BCUT2D eigenvalue weighted by molar-refractivity contribution is 0.197. The van der Waals surface area contributed by atoms with Crippen molar-refractivity contribution in [3.63, 3.8) is 0 Å². The Balaban J connectivity index is 2.17. The molecule has 1 aliphatic carbocycles. The quantitative estimate of drug-likeness (QED) is 0.571. The van der Waals surface area contributed by atoms with Gasteiger partial charge in [0.1, 0.15) is 0 Å². The van der Waals surface area contributed by atoms with Gasteiger partial charge in [-0.2, -0.15) is 0 Å². The van der Waals surface area contributed by atoms with Gasteiger partial charge in [0.2, 0.25) is 0 Å². The van der Waals surface area contributed by atoms with Crippen molar-refractivity contribution in [2.24, 2.45) is 0 Å². The molecule has 0 aromatic rings. The van der Waals surface area contributed by atoms with Crippen LogP contribution in [0.25, 0.3) is 0 Å². The van der Waals surface area contributed by atoms with Crippen LogP contribution in [0.3, 0.4) is 0 Å². The van der Waals surface area contributed by atoms with E-state index in [1.807, 2.05) is 6.92 Å². The van der Waals surface area contributed by atoms with E-state index in [1.165, 1.54) is 25.7 Å². The zero-order valence-corrected chi connectivity index (χ0v) is 7.25. The maximum absolute atomic E-state index is 5.49. The van der Waals surface area contributed by atoms with Crippen LogP contribution in [-0.4, -0.2) is 11.2 Å². The van der Waals surface area contributed by atoms with Crippen LogP contribution >= 0.6 is 12.2 Å². The second kappa shape index (κ2) is 3.91. The van der Waals surface area contributed by atoms with Gasteiger partial charge in [-0.1, -0.05) is 6.92 Å². The van der Waals surface area contributed by atoms with Crippen LogP contribution in [0.15, 0.2) is 0 Å². The molecule has 0 aromatic heterocycles. The Bertz CT molecular complexity index is 116. The summed E-state index contributed by atoms with van der Waals surface area (Å²) in [6.07, 6.45) is 6.38. The Morgan fingerprint density at radius 1 is 1.50 bits per heavy atom. The second-order valence-corrected chi connectivity index (χ2v) is 3.21. The highest BCUT2D eigenvalue weighted by Crippen LogP contribution is 2.21. The lowest BCUT2D eigenvalue weighted by atomic mass is 10.3. The maximum Gasteiger partial charge on any atom is 0.159 e. The van der Waals surface area contributed by atoms with E-state index in [9.17, 15) is 0 Å². The summed E-state index contributed by atoms with van der Waals surface area (Å²) < 4.78 is 5.49. The summed E-state index contributed by atoms with van der Waals surface area (Å²) in [6, 6.07) is 0. The van der Waals surface area contributed by atoms with E-state index in [1.54, 1.807) is 0 Å². The summed E-state index contributed by atoms with van der Waals surface area (Å²) >= 11 is 4.97. The first kappa shape index (κ1) is 7.99. The van der Waals surface area contributed by atoms with Crippen molar-refractivity contribution in [2.75, 3.05) is 0 Å². The molecule has 0 unspecified atom stereocenters. The standard InChI is InChI=1S/C8H14OS/c1-2-8(10)9-7-5-3-4-6-7/h7H,2-6H2,1H3. The first-order valence-corrected chi connectivity index (χ1v) is 4.43. The van der Waals surface area contributed by atoms with Crippen LogP contribution < -0.4 is 0 Å². The predicted molar refractivity (Wildman–Crippen MR) is 46.2 cm³/mol. The molecular weight excluding hydrogens is 144 g/mol. The van der Waals surface area contributed by atoms with E-state index in [0.717, 1.165) is 11.5 Å². The average Bonchev–Trinajstić information content (AvgIpc) is 2.40. The molecule has 58 valence electrons. The summed E-state index contributed by atoms with van der Waals surface area (Å²) in [6.45, 7) is 2.04. The van der Waals surface area contributed by atoms with Crippen LogP contribution in [0.4, 0.5) is 0 Å². The van der Waals surface area contributed by atoms with Crippen molar-refractivity contribution >= 4 is 17.3 Å². The van der Waals surface area contributed by atoms with Crippen molar-refractivity contribution in [3.05, 3.63) is 0 Å². The number of hydrogen-bond acceptors (Lipinski definition) is 2. The third-order valence-corrected chi connectivity index (χ3v) is 2.27. The van der Waals surface area contributed by atoms with E-state index >= 15 is 0 Å². The van der Waals surface area contributed by atoms with Crippen molar-refractivity contribution in [1.82, 2.24) is 0 Å². The minimum atomic E-state index is 0.451. The first-order valence-electron chi connectivity index (χ1n) is 4.02. The SMILES string of the molecule is CCC(=S)OC1CCCC1. The van der Waals surface area contributed by atoms with Crippen LogP contribution in [-0.2, 0) is 4.74 Å². The molecule has 1 saturated carbocycles. The largest absolute Gasteiger partial charge is 0.484 e. The third-order valence-electron chi connectivity index (χ3n) is 1.89. The van der Waals surface area contributed by atoms with Gasteiger partial charge in [0.25, 0.3) is 0 Å². The lowest BCUT2D eigenvalue weighted by Gasteiger charge is -2.11. The highest BCUT2D eigenvalue weighted by atomic mass is 32.1. The Hall–Kier alpha value is -0.110. The number of hydrogen-bond donors (Lipinski definition) is 0. The molecule has 0 radical (unpaired) electrons. The van der Waals surface area contributed by atoms with Crippen molar-refractivity contribution < 1.29 is 4.74 Å². The van der Waals surface area contributed by atoms with Gasteiger partial charge in [-0.3, -0.25) is 0 Å². The molecule has 0 saturated heterocycles. The lowest BCUT2D eigenvalue weighted by Crippen LogP contribution is -2.11. The highest BCUT2D eigenvalue weighted by molar-refractivity contribution is 7.80. The van der Waals surface area contributed by atoms with Crippen molar-refractivity contribution in [3.8, 4) is 0 Å². The van der Waals surface area contributed by atoms with Crippen molar-refractivity contribution in [2.45, 2.75) is 45.1 Å². The first-order chi connectivity index (χ1) is 4.83. The Morgan fingerprint density at radius 2 is 2.10 bits per heavy atom. The average molecular weight is 158 g/mol. The topological polar surface area (TPSA) is 9.23 Å². The fraction of sp³-hybridized carbons (Fsp3) is 0.875. The third kappa shape index (κ3) is 2.25. The van der Waals surface area contributed by atoms with Crippen LogP contribution in [0.5, 0.6) is 0 Å². The Labute approximate surface area is 67.8 Å². The van der Waals surface area contributed by atoms with Crippen molar-refractivity contribution in [1.29, 1.82) is 0 Å². The van der Waals surface area contributed by atoms with Crippen LogP contribution in [0, 0.1) is 0 Å². The van der Waals surface area contributed by atoms with Crippen LogP contribution in [0.1, 0.15) is 39.0 Å². The number of rotatable bonds is 2. The molecule has 10 heavy (non-hydrogen) atoms. The monoisotopic (exact) mass is 158 g/mol. The van der Waals surface area contributed by atoms with Gasteiger partial charge in [0, 0.05) is 6.42 Å². The van der Waals surface area contributed by atoms with E-state index in [0.29, 0.717) is 6.10 Å². The number of ether oxygens (including phenoxy) is 1. The molecule has 1 nitrogen and oxygen atoms in total. The second-order valence-electron chi connectivity index (χ2n) is 2.75. The summed E-state index contributed by atoms with van der Waals surface area (Å²) in [5, 5.41) is 0.784. The molecule has 1 fully saturated rings. The smallest absolute Gasteiger partial charge is 0.159 e. The van der Waals surface area contributed by atoms with Gasteiger partial charge in [-0.25, -0.2) is 0 Å². The van der Waals surface area contributed by atoms with Crippen LogP contribution in [0.2, 0.25) is 0 Å². The predicted octanol–water partition coefficient (Wildman–Crippen LogP) is 2.68. The van der Waals surface area contributed by atoms with Gasteiger partial charge in [0.05, 0.1) is 6.10 Å². The molecule has 0 heterocycles. The fourth-order valence-corrected chi connectivity index (χ4v) is 1.41. The zero-order chi connectivity index (χ0) is 7.40. The molecular formula is C8H14OS. The minimum absolute atomic E-state index is 0.451. The van der Waals surface area contributed by atoms with E-state index in [-0.39, 0.29) is 0 Å². The summed E-state index contributed by atoms with van der Waals surface area (Å²) in [5.41, 5.74) is 0. The normalized spacial score (nSPS) is 19.3. The van der Waals surface area contributed by atoms with Gasteiger partial charge < -0.3 is 4.74 Å². The highest BCUT2D eigenvalue weighted by Gasteiger charge is 2.16. The van der Waals surface area contributed by atoms with E-state index in [2.05, 4.69) is 0 Å². The maximum atomic E-state index is 5.49. The molecule has 1 rings (SSSR count). The summed E-state index contributed by atoms with van der Waals surface area (Å²) in [7, 11) is 0. The minimum Gasteiger partial charge on any atom is -0.484 e. The van der Waals surface area contributed by atoms with Gasteiger partial charge >= 0.3 is 0 Å². The zero-order valence-electron chi connectivity index (χ0n) is 6.43. The molecule has 0 aliphatic heterocycles. The molecule has 0 spiro atoms. The van der Waals surface area contributed by atoms with Gasteiger partial charge in [-0.15, -0.1) is 0 Å². The van der Waals surface area contributed by atoms with Gasteiger partial charge in [-0.05, 0) is 37.9 Å². The van der Waals surface area contributed by atoms with Gasteiger partial charge in [0.15, 0.2) is 5.05 Å². The van der Waals surface area contributed by atoms with E-state index < -0.39 is 0 Å². The molecule has 2 heteroatoms. The Kier molecular flexibility index (Phi) is 3.13. The van der Waals surface area contributed by atoms with E-state index in [4.69, 9.17) is 17.0 Å². The molecule has 0 amide bonds. The summed E-state index contributed by atoms with van der Waals surface area (Å²) in [4.78, 5) is 0. The Morgan fingerprint density at radius 3 is 2.60 bits per heavy atom. The molecule has 0 atom stereocenters. The molecule has 1 aliphatic rings. The fourth-order valence-electron chi connectivity index (χ4n) is 1.28. The number of thiocarbonyl (C=S) groups is 1. The summed E-state index contributed by atoms with van der Waals surface area (Å²) in [5.74, 6) is 0.